The molecule has 1 saturated heterocycles. The summed E-state index contributed by atoms with van der Waals surface area (Å²) in [6.07, 6.45) is 4.06. The third kappa shape index (κ3) is 2.44. The van der Waals surface area contributed by atoms with Crippen molar-refractivity contribution < 1.29 is 9.13 Å². The van der Waals surface area contributed by atoms with E-state index in [-0.39, 0.29) is 5.82 Å². The quantitative estimate of drug-likeness (QED) is 0.728. The number of rotatable bonds is 2. The first kappa shape index (κ1) is 13.3. The lowest BCUT2D eigenvalue weighted by molar-refractivity contribution is 0.122. The van der Waals surface area contributed by atoms with Gasteiger partial charge in [-0.05, 0) is 36.4 Å². The monoisotopic (exact) mass is 297 g/mol. The summed E-state index contributed by atoms with van der Waals surface area (Å²) in [5, 5.41) is 0. The zero-order valence-corrected chi connectivity index (χ0v) is 12.1. The fourth-order valence-electron chi connectivity index (χ4n) is 2.75. The second kappa shape index (κ2) is 5.42. The van der Waals surface area contributed by atoms with Crippen LogP contribution in [0.4, 0.5) is 10.1 Å². The van der Waals surface area contributed by atoms with E-state index < -0.39 is 0 Å². The number of pyridine rings is 1. The van der Waals surface area contributed by atoms with Crippen LogP contribution in [0.15, 0.2) is 48.8 Å². The molecule has 3 heterocycles. The van der Waals surface area contributed by atoms with Crippen LogP contribution in [0.5, 0.6) is 0 Å². The Morgan fingerprint density at radius 2 is 1.73 bits per heavy atom. The van der Waals surface area contributed by atoms with Gasteiger partial charge in [0.15, 0.2) is 0 Å². The predicted molar refractivity (Wildman–Crippen MR) is 83.6 cm³/mol. The number of hydrogen-bond acceptors (Lipinski definition) is 3. The molecule has 0 N–H and O–H groups in total. The van der Waals surface area contributed by atoms with E-state index in [9.17, 15) is 4.39 Å². The number of fused-ring (bicyclic) bond motifs is 1. The lowest BCUT2D eigenvalue weighted by Crippen LogP contribution is -2.36. The van der Waals surface area contributed by atoms with Crippen LogP contribution in [-0.2, 0) is 4.74 Å². The first-order chi connectivity index (χ1) is 10.8. The fraction of sp³-hybridized carbons (Fsp3) is 0.235. The predicted octanol–water partition coefficient (Wildman–Crippen LogP) is 2.98. The van der Waals surface area contributed by atoms with Crippen LogP contribution in [0.2, 0.25) is 0 Å². The van der Waals surface area contributed by atoms with Gasteiger partial charge in [0.25, 0.3) is 0 Å². The van der Waals surface area contributed by atoms with Gasteiger partial charge in [-0.1, -0.05) is 0 Å². The van der Waals surface area contributed by atoms with Gasteiger partial charge in [-0.2, -0.15) is 0 Å². The third-order valence-electron chi connectivity index (χ3n) is 3.95. The van der Waals surface area contributed by atoms with Crippen molar-refractivity contribution in [3.8, 4) is 11.3 Å². The van der Waals surface area contributed by atoms with Gasteiger partial charge < -0.3 is 14.0 Å². The van der Waals surface area contributed by atoms with Gasteiger partial charge in [-0.3, -0.25) is 0 Å². The maximum Gasteiger partial charge on any atom is 0.137 e. The number of aromatic nitrogens is 2. The number of halogens is 1. The fourth-order valence-corrected chi connectivity index (χ4v) is 2.75. The zero-order chi connectivity index (χ0) is 14.9. The molecule has 0 unspecified atom stereocenters. The van der Waals surface area contributed by atoms with Crippen LogP contribution in [0, 0.1) is 5.82 Å². The average Bonchev–Trinajstić information content (AvgIpc) is 2.99. The molecule has 0 saturated carbocycles. The number of nitrogens with zero attached hydrogens (tertiary/aromatic N) is 3. The molecule has 112 valence electrons. The molecular formula is C17H16FN3O. The molecule has 2 aromatic heterocycles. The summed E-state index contributed by atoms with van der Waals surface area (Å²) in [4.78, 5) is 6.90. The Balaban J connectivity index is 1.69. The molecule has 1 aliphatic heterocycles. The maximum atomic E-state index is 13.0. The Bertz CT molecular complexity index is 791. The minimum Gasteiger partial charge on any atom is -0.378 e. The van der Waals surface area contributed by atoms with Gasteiger partial charge in [-0.15, -0.1) is 0 Å². The summed E-state index contributed by atoms with van der Waals surface area (Å²) in [5.41, 5.74) is 3.81. The number of ether oxygens (including phenoxy) is 1. The molecule has 5 heteroatoms. The van der Waals surface area contributed by atoms with Crippen molar-refractivity contribution in [2.45, 2.75) is 0 Å². The molecule has 0 amide bonds. The van der Waals surface area contributed by atoms with Crippen LogP contribution in [0.25, 0.3) is 16.9 Å². The standard InChI is InChI=1S/C17H16FN3O/c18-14-3-1-13(2-4-14)16-12-21-11-15(5-6-17(21)19-16)20-7-9-22-10-8-20/h1-6,11-12H,7-10H2. The van der Waals surface area contributed by atoms with E-state index in [0.717, 1.165) is 43.2 Å². The topological polar surface area (TPSA) is 29.8 Å². The second-order valence-electron chi connectivity index (χ2n) is 5.39. The van der Waals surface area contributed by atoms with Crippen molar-refractivity contribution in [1.29, 1.82) is 0 Å². The summed E-state index contributed by atoms with van der Waals surface area (Å²) in [5.74, 6) is -0.234. The van der Waals surface area contributed by atoms with Crippen molar-refractivity contribution in [2.75, 3.05) is 31.2 Å². The normalized spacial score (nSPS) is 15.4. The molecule has 0 atom stereocenters. The highest BCUT2D eigenvalue weighted by atomic mass is 19.1. The second-order valence-corrected chi connectivity index (χ2v) is 5.39. The van der Waals surface area contributed by atoms with E-state index in [1.807, 2.05) is 16.7 Å². The van der Waals surface area contributed by atoms with Crippen molar-refractivity contribution in [1.82, 2.24) is 9.38 Å². The van der Waals surface area contributed by atoms with Crippen LogP contribution >= 0.6 is 0 Å². The summed E-state index contributed by atoms with van der Waals surface area (Å²) in [6.45, 7) is 3.35. The van der Waals surface area contributed by atoms with Gasteiger partial charge >= 0.3 is 0 Å². The van der Waals surface area contributed by atoms with Crippen LogP contribution < -0.4 is 4.90 Å². The Morgan fingerprint density at radius 3 is 2.50 bits per heavy atom. The average molecular weight is 297 g/mol. The summed E-state index contributed by atoms with van der Waals surface area (Å²) < 4.78 is 20.4. The van der Waals surface area contributed by atoms with Gasteiger partial charge in [0, 0.05) is 31.0 Å². The molecule has 3 aromatic rings. The minimum atomic E-state index is -0.234. The number of benzene rings is 1. The van der Waals surface area contributed by atoms with Crippen LogP contribution in [-0.4, -0.2) is 35.7 Å². The maximum absolute atomic E-state index is 13.0. The van der Waals surface area contributed by atoms with Gasteiger partial charge in [0.1, 0.15) is 11.5 Å². The highest BCUT2D eigenvalue weighted by Crippen LogP contribution is 2.22. The van der Waals surface area contributed by atoms with Crippen LogP contribution in [0.3, 0.4) is 0 Å². The van der Waals surface area contributed by atoms with Gasteiger partial charge in [-0.25, -0.2) is 9.37 Å². The molecule has 22 heavy (non-hydrogen) atoms. The molecule has 0 bridgehead atoms. The van der Waals surface area contributed by atoms with Crippen LogP contribution in [0.1, 0.15) is 0 Å². The van der Waals surface area contributed by atoms with E-state index in [1.54, 1.807) is 12.1 Å². The highest BCUT2D eigenvalue weighted by Gasteiger charge is 2.12. The van der Waals surface area contributed by atoms with Gasteiger partial charge in [0.2, 0.25) is 0 Å². The Hall–Kier alpha value is -2.40. The summed E-state index contributed by atoms with van der Waals surface area (Å²) in [7, 11) is 0. The molecule has 1 fully saturated rings. The molecule has 4 nitrogen and oxygen atoms in total. The molecule has 1 aliphatic rings. The molecule has 4 rings (SSSR count). The summed E-state index contributed by atoms with van der Waals surface area (Å²) in [6, 6.07) is 10.5. The first-order valence-electron chi connectivity index (χ1n) is 7.37. The zero-order valence-electron chi connectivity index (χ0n) is 12.1. The number of hydrogen-bond donors (Lipinski definition) is 0. The van der Waals surface area contributed by atoms with Crippen molar-refractivity contribution in [3.05, 3.63) is 54.6 Å². The number of imidazole rings is 1. The van der Waals surface area contributed by atoms with Crippen molar-refractivity contribution in [3.63, 3.8) is 0 Å². The number of morpholine rings is 1. The Morgan fingerprint density at radius 1 is 0.955 bits per heavy atom. The van der Waals surface area contributed by atoms with Crippen molar-refractivity contribution >= 4 is 11.3 Å². The Kier molecular flexibility index (Phi) is 3.27. The summed E-state index contributed by atoms with van der Waals surface area (Å²) >= 11 is 0. The van der Waals surface area contributed by atoms with Gasteiger partial charge in [0.05, 0.1) is 24.6 Å². The van der Waals surface area contributed by atoms with E-state index in [4.69, 9.17) is 4.74 Å². The lowest BCUT2D eigenvalue weighted by Gasteiger charge is -2.28. The van der Waals surface area contributed by atoms with E-state index in [1.165, 1.54) is 17.8 Å². The first-order valence-corrected chi connectivity index (χ1v) is 7.37. The molecule has 1 aromatic carbocycles. The van der Waals surface area contributed by atoms with E-state index in [2.05, 4.69) is 22.1 Å². The SMILES string of the molecule is Fc1ccc(-c2cn3cc(N4CCOCC4)ccc3n2)cc1. The molecule has 0 radical (unpaired) electrons. The lowest BCUT2D eigenvalue weighted by atomic mass is 10.2. The van der Waals surface area contributed by atoms with E-state index in [0.29, 0.717) is 0 Å². The highest BCUT2D eigenvalue weighted by molar-refractivity contribution is 5.64. The Labute approximate surface area is 127 Å². The number of anilines is 1. The largest absolute Gasteiger partial charge is 0.378 e. The molecule has 0 aliphatic carbocycles. The molecule has 0 spiro atoms. The van der Waals surface area contributed by atoms with E-state index >= 15 is 0 Å². The minimum absolute atomic E-state index is 0.234. The third-order valence-corrected chi connectivity index (χ3v) is 3.95. The van der Waals surface area contributed by atoms with Crippen molar-refractivity contribution in [2.24, 2.45) is 0 Å². The molecular weight excluding hydrogens is 281 g/mol. The smallest absolute Gasteiger partial charge is 0.137 e.